The molecule has 0 bridgehead atoms. The lowest BCUT2D eigenvalue weighted by molar-refractivity contribution is 0.174. The number of nitriles is 1. The molecule has 1 aliphatic rings. The molecule has 1 heterocycles. The van der Waals surface area contributed by atoms with Crippen LogP contribution in [0, 0.1) is 17.1 Å². The zero-order valence-electron chi connectivity index (χ0n) is 10.5. The monoisotopic (exact) mass is 267 g/mol. The van der Waals surface area contributed by atoms with E-state index in [0.717, 1.165) is 5.56 Å². The van der Waals surface area contributed by atoms with Gasteiger partial charge in [-0.25, -0.2) is 4.39 Å². The Labute approximate surface area is 115 Å². The van der Waals surface area contributed by atoms with E-state index in [0.29, 0.717) is 22.6 Å². The molecule has 0 radical (unpaired) electrons. The van der Waals surface area contributed by atoms with Gasteiger partial charge in [0.1, 0.15) is 5.82 Å². The lowest BCUT2D eigenvalue weighted by Crippen LogP contribution is -1.92. The molecule has 2 aromatic carbocycles. The average molecular weight is 267 g/mol. The summed E-state index contributed by atoms with van der Waals surface area (Å²) in [5, 5.41) is 9.24. The van der Waals surface area contributed by atoms with Crippen LogP contribution in [-0.4, -0.2) is 6.79 Å². The molecule has 98 valence electrons. The lowest BCUT2D eigenvalue weighted by Gasteiger charge is -2.01. The molecular formula is C16H10FNO2. The summed E-state index contributed by atoms with van der Waals surface area (Å²) in [4.78, 5) is 0. The highest BCUT2D eigenvalue weighted by Gasteiger charge is 2.12. The number of allylic oxidation sites excluding steroid dienone is 1. The second-order valence-corrected chi connectivity index (χ2v) is 4.29. The van der Waals surface area contributed by atoms with Gasteiger partial charge in [0.25, 0.3) is 0 Å². The zero-order chi connectivity index (χ0) is 13.9. The molecule has 3 rings (SSSR count). The SMILES string of the molecule is N#C/C(=C/c1ccc2c(c1)OCO2)c1ccc(F)cc1. The topological polar surface area (TPSA) is 42.2 Å². The quantitative estimate of drug-likeness (QED) is 0.616. The number of rotatable bonds is 2. The van der Waals surface area contributed by atoms with Crippen LogP contribution < -0.4 is 9.47 Å². The smallest absolute Gasteiger partial charge is 0.231 e. The van der Waals surface area contributed by atoms with Crippen molar-refractivity contribution in [2.45, 2.75) is 0 Å². The minimum atomic E-state index is -0.325. The minimum absolute atomic E-state index is 0.214. The van der Waals surface area contributed by atoms with Crippen LogP contribution in [0.4, 0.5) is 4.39 Å². The van der Waals surface area contributed by atoms with Crippen LogP contribution in [0.25, 0.3) is 11.6 Å². The highest BCUT2D eigenvalue weighted by atomic mass is 19.1. The maximum atomic E-state index is 12.9. The van der Waals surface area contributed by atoms with Gasteiger partial charge in [-0.1, -0.05) is 18.2 Å². The van der Waals surface area contributed by atoms with Crippen LogP contribution >= 0.6 is 0 Å². The van der Waals surface area contributed by atoms with Crippen molar-refractivity contribution >= 4 is 11.6 Å². The van der Waals surface area contributed by atoms with Crippen molar-refractivity contribution in [1.29, 1.82) is 5.26 Å². The third kappa shape index (κ3) is 2.34. The third-order valence-corrected chi connectivity index (χ3v) is 2.98. The van der Waals surface area contributed by atoms with Gasteiger partial charge >= 0.3 is 0 Å². The molecule has 0 saturated heterocycles. The zero-order valence-corrected chi connectivity index (χ0v) is 10.5. The summed E-state index contributed by atoms with van der Waals surface area (Å²) in [6.45, 7) is 0.214. The molecule has 0 saturated carbocycles. The molecule has 4 heteroatoms. The molecule has 0 atom stereocenters. The van der Waals surface area contributed by atoms with E-state index in [2.05, 4.69) is 6.07 Å². The van der Waals surface area contributed by atoms with Crippen molar-refractivity contribution in [3.8, 4) is 17.6 Å². The Hall–Kier alpha value is -2.80. The van der Waals surface area contributed by atoms with Gasteiger partial charge in [-0.05, 0) is 41.5 Å². The number of fused-ring (bicyclic) bond motifs is 1. The molecule has 0 unspecified atom stereocenters. The van der Waals surface area contributed by atoms with Crippen LogP contribution in [0.1, 0.15) is 11.1 Å². The normalized spacial score (nSPS) is 13.1. The van der Waals surface area contributed by atoms with E-state index in [1.54, 1.807) is 24.3 Å². The molecule has 0 aromatic heterocycles. The fourth-order valence-electron chi connectivity index (χ4n) is 1.98. The molecule has 0 N–H and O–H groups in total. The van der Waals surface area contributed by atoms with Crippen LogP contribution in [-0.2, 0) is 0 Å². The third-order valence-electron chi connectivity index (χ3n) is 2.98. The number of hydrogen-bond acceptors (Lipinski definition) is 3. The van der Waals surface area contributed by atoms with Gasteiger partial charge in [0.15, 0.2) is 11.5 Å². The summed E-state index contributed by atoms with van der Waals surface area (Å²) in [7, 11) is 0. The summed E-state index contributed by atoms with van der Waals surface area (Å²) in [5.41, 5.74) is 1.96. The second kappa shape index (κ2) is 5.06. The lowest BCUT2D eigenvalue weighted by atomic mass is 10.0. The van der Waals surface area contributed by atoms with E-state index in [4.69, 9.17) is 9.47 Å². The average Bonchev–Trinajstić information content (AvgIpc) is 2.93. The standard InChI is InChI=1S/C16H10FNO2/c17-14-4-2-12(3-5-14)13(9-18)7-11-1-6-15-16(8-11)20-10-19-15/h1-8H,10H2/b13-7-. The molecule has 0 spiro atoms. The van der Waals surface area contributed by atoms with Gasteiger partial charge in [-0.2, -0.15) is 5.26 Å². The fraction of sp³-hybridized carbons (Fsp3) is 0.0625. The van der Waals surface area contributed by atoms with E-state index >= 15 is 0 Å². The van der Waals surface area contributed by atoms with Gasteiger partial charge < -0.3 is 9.47 Å². The summed E-state index contributed by atoms with van der Waals surface area (Å²) in [6.07, 6.45) is 1.73. The number of ether oxygens (including phenoxy) is 2. The predicted molar refractivity (Wildman–Crippen MR) is 72.4 cm³/mol. The van der Waals surface area contributed by atoms with E-state index < -0.39 is 0 Å². The Kier molecular flexibility index (Phi) is 3.10. The number of nitrogens with zero attached hydrogens (tertiary/aromatic N) is 1. The van der Waals surface area contributed by atoms with E-state index in [1.165, 1.54) is 12.1 Å². The van der Waals surface area contributed by atoms with E-state index in [9.17, 15) is 9.65 Å². The Balaban J connectivity index is 1.97. The van der Waals surface area contributed by atoms with Gasteiger partial charge in [0.2, 0.25) is 6.79 Å². The molecule has 0 aliphatic carbocycles. The van der Waals surface area contributed by atoms with Crippen molar-refractivity contribution in [1.82, 2.24) is 0 Å². The largest absolute Gasteiger partial charge is 0.454 e. The van der Waals surface area contributed by atoms with Crippen LogP contribution in [0.15, 0.2) is 42.5 Å². The summed E-state index contributed by atoms with van der Waals surface area (Å²) in [6, 6.07) is 13.4. The van der Waals surface area contributed by atoms with Crippen molar-refractivity contribution in [2.24, 2.45) is 0 Å². The van der Waals surface area contributed by atoms with Crippen molar-refractivity contribution in [3.05, 3.63) is 59.4 Å². The second-order valence-electron chi connectivity index (χ2n) is 4.29. The van der Waals surface area contributed by atoms with Crippen molar-refractivity contribution in [3.63, 3.8) is 0 Å². The van der Waals surface area contributed by atoms with Gasteiger partial charge in [-0.15, -0.1) is 0 Å². The fourth-order valence-corrected chi connectivity index (χ4v) is 1.98. The predicted octanol–water partition coefficient (Wildman–Crippen LogP) is 3.62. The molecule has 1 aliphatic heterocycles. The highest BCUT2D eigenvalue weighted by Crippen LogP contribution is 2.33. The summed E-state index contributed by atoms with van der Waals surface area (Å²) < 4.78 is 23.4. The first-order valence-electron chi connectivity index (χ1n) is 6.03. The maximum absolute atomic E-state index is 12.9. The van der Waals surface area contributed by atoms with E-state index in [1.807, 2.05) is 12.1 Å². The Bertz CT molecular complexity index is 714. The number of halogens is 1. The van der Waals surface area contributed by atoms with Crippen LogP contribution in [0.3, 0.4) is 0 Å². The van der Waals surface area contributed by atoms with E-state index in [-0.39, 0.29) is 12.6 Å². The maximum Gasteiger partial charge on any atom is 0.231 e. The first-order valence-corrected chi connectivity index (χ1v) is 6.03. The van der Waals surface area contributed by atoms with Crippen LogP contribution in [0.5, 0.6) is 11.5 Å². The highest BCUT2D eigenvalue weighted by molar-refractivity contribution is 5.89. The summed E-state index contributed by atoms with van der Waals surface area (Å²) >= 11 is 0. The first kappa shape index (κ1) is 12.2. The molecule has 20 heavy (non-hydrogen) atoms. The van der Waals surface area contributed by atoms with Gasteiger partial charge in [-0.3, -0.25) is 0 Å². The molecule has 0 fully saturated rings. The first-order chi connectivity index (χ1) is 9.76. The Morgan fingerprint density at radius 3 is 2.60 bits per heavy atom. The number of benzene rings is 2. The van der Waals surface area contributed by atoms with Gasteiger partial charge in [0.05, 0.1) is 11.6 Å². The molecule has 2 aromatic rings. The minimum Gasteiger partial charge on any atom is -0.454 e. The molecule has 0 amide bonds. The van der Waals surface area contributed by atoms with Crippen molar-refractivity contribution in [2.75, 3.05) is 6.79 Å². The Morgan fingerprint density at radius 1 is 1.10 bits per heavy atom. The van der Waals surface area contributed by atoms with Gasteiger partial charge in [0, 0.05) is 0 Å². The Morgan fingerprint density at radius 2 is 1.85 bits per heavy atom. The summed E-state index contributed by atoms with van der Waals surface area (Å²) in [5.74, 6) is 1.03. The molecular weight excluding hydrogens is 257 g/mol. The van der Waals surface area contributed by atoms with Crippen LogP contribution in [0.2, 0.25) is 0 Å². The molecule has 3 nitrogen and oxygen atoms in total. The number of hydrogen-bond donors (Lipinski definition) is 0. The van der Waals surface area contributed by atoms with Crippen molar-refractivity contribution < 1.29 is 13.9 Å².